The Morgan fingerprint density at radius 3 is 1.71 bits per heavy atom. The number of nitrogens with one attached hydrogen (secondary N) is 2. The number of nitrogens with zero attached hydrogens (tertiary/aromatic N) is 1. The first-order chi connectivity index (χ1) is 16.4. The zero-order chi connectivity index (χ0) is 26.9. The van der Waals surface area contributed by atoms with Gasteiger partial charge in [-0.1, -0.05) is 85.7 Å². The van der Waals surface area contributed by atoms with Gasteiger partial charge in [-0.3, -0.25) is 0 Å². The summed E-state index contributed by atoms with van der Waals surface area (Å²) in [5, 5.41) is 7.33. The molecule has 2 N–H and O–H groups in total. The third kappa shape index (κ3) is 9.48. The fourth-order valence-electron chi connectivity index (χ4n) is 4.36. The van der Waals surface area contributed by atoms with Crippen LogP contribution in [-0.4, -0.2) is 24.2 Å². The van der Waals surface area contributed by atoms with Crippen LogP contribution in [0.4, 0.5) is 11.4 Å². The van der Waals surface area contributed by atoms with Crippen molar-refractivity contribution in [2.75, 3.05) is 30.4 Å². The molecule has 0 aromatic heterocycles. The molecular weight excluding hydrogens is 520 g/mol. The van der Waals surface area contributed by atoms with E-state index in [1.165, 1.54) is 44.8 Å². The van der Waals surface area contributed by atoms with Crippen LogP contribution in [0.3, 0.4) is 0 Å². The zero-order valence-corrected chi connectivity index (χ0v) is 25.8. The van der Waals surface area contributed by atoms with E-state index in [0.717, 1.165) is 13.1 Å². The van der Waals surface area contributed by atoms with Gasteiger partial charge in [-0.2, -0.15) is 17.7 Å². The number of halogens is 2. The van der Waals surface area contributed by atoms with E-state index in [2.05, 4.69) is 129 Å². The van der Waals surface area contributed by atoms with Gasteiger partial charge < -0.3 is 10.6 Å². The van der Waals surface area contributed by atoms with Crippen LogP contribution in [0.5, 0.6) is 0 Å². The van der Waals surface area contributed by atoms with Crippen molar-refractivity contribution in [3.8, 4) is 0 Å². The Morgan fingerprint density at radius 1 is 0.771 bits per heavy atom. The second-order valence-electron chi connectivity index (χ2n) is 10.6. The van der Waals surface area contributed by atoms with Crippen molar-refractivity contribution in [1.82, 2.24) is 4.42 Å². The van der Waals surface area contributed by atoms with E-state index in [0.29, 0.717) is 30.3 Å². The predicted molar refractivity (Wildman–Crippen MR) is 153 cm³/mol. The van der Waals surface area contributed by atoms with Crippen LogP contribution in [0.1, 0.15) is 112 Å². The molecule has 35 heavy (non-hydrogen) atoms. The topological polar surface area (TPSA) is 27.3 Å². The summed E-state index contributed by atoms with van der Waals surface area (Å²) in [6.07, 6.45) is 0. The Labute approximate surface area is 232 Å². The number of aryl methyl sites for hydroxylation is 2. The molecule has 0 unspecified atom stereocenters. The number of anilines is 2. The number of rotatable bonds is 11. The molecule has 0 bridgehead atoms. The normalized spacial score (nSPS) is 11.5. The fraction of sp³-hybridized carbons (Fsp3) is 0.586. The third-order valence-electron chi connectivity index (χ3n) is 6.13. The van der Waals surface area contributed by atoms with Gasteiger partial charge in [0.2, 0.25) is 0 Å². The van der Waals surface area contributed by atoms with Crippen LogP contribution in [0.25, 0.3) is 0 Å². The fourth-order valence-corrected chi connectivity index (χ4v) is 4.51. The Morgan fingerprint density at radius 2 is 1.26 bits per heavy atom. The summed E-state index contributed by atoms with van der Waals surface area (Å²) in [6, 6.07) is 10.4. The number of benzene rings is 2. The van der Waals surface area contributed by atoms with Gasteiger partial charge in [0.05, 0.1) is 6.67 Å². The molecule has 0 saturated carbocycles. The first-order valence-corrected chi connectivity index (χ1v) is 14.4. The molecule has 199 valence electrons. The van der Waals surface area contributed by atoms with E-state index in [4.69, 9.17) is 11.8 Å². The third-order valence-corrected chi connectivity index (χ3v) is 6.42. The van der Waals surface area contributed by atoms with E-state index in [1.807, 2.05) is 4.42 Å². The molecule has 6 heteroatoms. The van der Waals surface area contributed by atoms with Crippen molar-refractivity contribution < 1.29 is 14.8 Å². The molecule has 2 aromatic carbocycles. The van der Waals surface area contributed by atoms with Crippen LogP contribution in [0, 0.1) is 19.9 Å². The van der Waals surface area contributed by atoms with Crippen LogP contribution >= 0.6 is 21.9 Å². The van der Waals surface area contributed by atoms with Gasteiger partial charge in [0.25, 0.3) is 0 Å². The Hall–Kier alpha value is -0.914. The summed E-state index contributed by atoms with van der Waals surface area (Å²) < 4.78 is 1.83. The van der Waals surface area contributed by atoms with Gasteiger partial charge in [0.15, 0.2) is 0 Å². The molecule has 0 spiro atoms. The van der Waals surface area contributed by atoms with Crippen LogP contribution < -0.4 is 10.6 Å². The van der Waals surface area contributed by atoms with Crippen molar-refractivity contribution in [3.05, 3.63) is 57.6 Å². The molecule has 3 nitrogen and oxygen atoms in total. The van der Waals surface area contributed by atoms with Crippen LogP contribution in [-0.2, 0) is 14.8 Å². The Bertz CT molecular complexity index is 868. The van der Waals surface area contributed by atoms with Gasteiger partial charge in [-0.15, -0.1) is 11.1 Å². The molecule has 0 heterocycles. The van der Waals surface area contributed by atoms with Gasteiger partial charge in [0.1, 0.15) is 0 Å². The van der Waals surface area contributed by atoms with Crippen LogP contribution in [0.15, 0.2) is 18.2 Å². The molecule has 2 aromatic rings. The molecule has 0 amide bonds. The van der Waals surface area contributed by atoms with Crippen LogP contribution in [0.2, 0.25) is 0 Å². The van der Waals surface area contributed by atoms with Gasteiger partial charge >= 0.3 is 25.0 Å². The van der Waals surface area contributed by atoms with Crippen molar-refractivity contribution in [2.24, 2.45) is 0 Å². The number of hydrogen-bond donors (Lipinski definition) is 2. The molecular formula is C29H45Cl2CoN3. The summed E-state index contributed by atoms with van der Waals surface area (Å²) in [7, 11) is 4.33. The van der Waals surface area contributed by atoms with Gasteiger partial charge in [-0.25, -0.2) is 4.42 Å². The molecule has 2 rings (SSSR count). The molecule has 0 fully saturated rings. The van der Waals surface area contributed by atoms with E-state index >= 15 is 0 Å². The SMILES string of the molecule is Cc1[c-]c(C(C)C)c(NCN(Cl)CCNc2c(C(C)C)cc(C)cc2C(C)C)c(C(C)C)c1.[Cl][Co+]. The van der Waals surface area contributed by atoms with E-state index in [-0.39, 0.29) is 0 Å². The van der Waals surface area contributed by atoms with E-state index < -0.39 is 0 Å². The molecule has 0 aliphatic heterocycles. The summed E-state index contributed by atoms with van der Waals surface area (Å²) in [5.41, 5.74) is 10.3. The second-order valence-corrected chi connectivity index (χ2v) is 11.1. The molecule has 0 aliphatic carbocycles. The predicted octanol–water partition coefficient (Wildman–Crippen LogP) is 9.22. The van der Waals surface area contributed by atoms with E-state index in [9.17, 15) is 0 Å². The maximum absolute atomic E-state index is 6.64. The quantitative estimate of drug-likeness (QED) is 0.162. The Balaban J connectivity index is 0.00000298. The van der Waals surface area contributed by atoms with Crippen molar-refractivity contribution >= 4 is 33.3 Å². The standard InChI is InChI=1S/C29H45ClN3.ClH.Co/c1-18(2)24-13-22(9)14-25(19(3)4)28(24)31-11-12-33(30)17-32-29-26(20(5)6)15-23(10)16-27(29)21(7)8;;/h13-15,18-21,31-32H,11-12,17H2,1-10H3;1H;/q-1;;+2/p-1. The monoisotopic (exact) mass is 564 g/mol. The summed E-state index contributed by atoms with van der Waals surface area (Å²) in [6.45, 7) is 24.4. The number of hydrogen-bond acceptors (Lipinski definition) is 3. The summed E-state index contributed by atoms with van der Waals surface area (Å²) >= 11 is 9.68. The molecule has 0 radical (unpaired) electrons. The van der Waals surface area contributed by atoms with Crippen molar-refractivity contribution in [3.63, 3.8) is 0 Å². The van der Waals surface area contributed by atoms with E-state index in [1.54, 1.807) is 0 Å². The van der Waals surface area contributed by atoms with Gasteiger partial charge in [-0.05, 0) is 53.5 Å². The van der Waals surface area contributed by atoms with Crippen molar-refractivity contribution in [2.45, 2.75) is 92.9 Å². The average Bonchev–Trinajstić information content (AvgIpc) is 2.79. The average molecular weight is 566 g/mol. The molecule has 0 aliphatic rings. The minimum atomic E-state index is 0.404. The zero-order valence-electron chi connectivity index (χ0n) is 23.2. The first kappa shape index (κ1) is 32.1. The minimum absolute atomic E-state index is 0.404. The molecule has 0 atom stereocenters. The summed E-state index contributed by atoms with van der Waals surface area (Å²) in [4.78, 5) is 0. The first-order valence-electron chi connectivity index (χ1n) is 12.6. The summed E-state index contributed by atoms with van der Waals surface area (Å²) in [5.74, 6) is 1.79. The van der Waals surface area contributed by atoms with Crippen molar-refractivity contribution in [1.29, 1.82) is 0 Å². The van der Waals surface area contributed by atoms with Gasteiger partial charge in [0, 0.05) is 18.8 Å². The molecule has 0 saturated heterocycles. The second kappa shape index (κ2) is 15.4. The maximum atomic E-state index is 6.64. The Kier molecular flexibility index (Phi) is 14.1.